The molecule has 39 heavy (non-hydrogen) atoms. The molecule has 0 aromatic heterocycles. The number of ketones is 1. The minimum atomic E-state index is -0.558. The third-order valence-corrected chi connectivity index (χ3v) is 14.4. The second kappa shape index (κ2) is 10.6. The van der Waals surface area contributed by atoms with Crippen LogP contribution < -0.4 is 5.30 Å². The molecule has 2 spiro atoms. The number of benzene rings is 3. The zero-order chi connectivity index (χ0) is 27.2. The predicted octanol–water partition coefficient (Wildman–Crippen LogP) is 10.1. The Morgan fingerprint density at radius 3 is 1.28 bits per heavy atom. The lowest BCUT2D eigenvalue weighted by Crippen LogP contribution is -2.51. The van der Waals surface area contributed by atoms with Gasteiger partial charge in [0.1, 0.15) is 5.78 Å². The van der Waals surface area contributed by atoms with Crippen LogP contribution in [0.3, 0.4) is 0 Å². The van der Waals surface area contributed by atoms with Crippen LogP contribution in [0.15, 0.2) is 54.6 Å². The molecule has 3 aliphatic rings. The highest BCUT2D eigenvalue weighted by atomic mass is 31.1. The van der Waals surface area contributed by atoms with Gasteiger partial charge < -0.3 is 0 Å². The van der Waals surface area contributed by atoms with E-state index in [1.54, 1.807) is 5.30 Å². The summed E-state index contributed by atoms with van der Waals surface area (Å²) in [5.74, 6) is 0.565. The van der Waals surface area contributed by atoms with Crippen molar-refractivity contribution in [1.29, 1.82) is 0 Å². The number of aryl methyl sites for hydroxylation is 4. The summed E-state index contributed by atoms with van der Waals surface area (Å²) in [5.41, 5.74) is 11.2. The van der Waals surface area contributed by atoms with Crippen LogP contribution in [0, 0.1) is 27.7 Å². The molecular formula is C37H45OP. The maximum atomic E-state index is 13.7. The van der Waals surface area contributed by atoms with E-state index in [0.29, 0.717) is 5.78 Å². The van der Waals surface area contributed by atoms with Gasteiger partial charge in [-0.3, -0.25) is 4.79 Å². The van der Waals surface area contributed by atoms with E-state index < -0.39 is 7.92 Å². The van der Waals surface area contributed by atoms with Crippen molar-refractivity contribution >= 4 is 19.0 Å². The van der Waals surface area contributed by atoms with E-state index in [1.165, 1.54) is 109 Å². The minimum absolute atomic E-state index is 0.151. The van der Waals surface area contributed by atoms with Crippen LogP contribution in [0.4, 0.5) is 0 Å². The monoisotopic (exact) mass is 536 g/mol. The first-order valence-corrected chi connectivity index (χ1v) is 16.8. The van der Waals surface area contributed by atoms with E-state index in [1.807, 2.05) is 0 Å². The molecule has 0 N–H and O–H groups in total. The van der Waals surface area contributed by atoms with E-state index in [9.17, 15) is 4.79 Å². The van der Waals surface area contributed by atoms with Crippen LogP contribution >= 0.6 is 7.92 Å². The first kappa shape index (κ1) is 27.0. The van der Waals surface area contributed by atoms with Crippen molar-refractivity contribution in [3.8, 4) is 22.3 Å². The first-order chi connectivity index (χ1) is 18.9. The summed E-state index contributed by atoms with van der Waals surface area (Å²) in [6.45, 7) is 9.18. The normalized spacial score (nSPS) is 21.0. The molecule has 3 fully saturated rings. The summed E-state index contributed by atoms with van der Waals surface area (Å²) in [4.78, 5) is 13.7. The molecule has 3 aromatic carbocycles. The Kier molecular flexibility index (Phi) is 7.35. The Balaban J connectivity index is 1.73. The van der Waals surface area contributed by atoms with Crippen molar-refractivity contribution in [3.05, 3.63) is 76.9 Å². The number of hydrogen-bond donors (Lipinski definition) is 0. The fraction of sp³-hybridized carbons (Fsp3) is 0.486. The summed E-state index contributed by atoms with van der Waals surface area (Å²) in [7, 11) is -0.558. The van der Waals surface area contributed by atoms with Crippen molar-refractivity contribution in [3.63, 3.8) is 0 Å². The summed E-state index contributed by atoms with van der Waals surface area (Å²) < 4.78 is 0. The fourth-order valence-corrected chi connectivity index (χ4v) is 13.8. The second-order valence-corrected chi connectivity index (χ2v) is 16.0. The van der Waals surface area contributed by atoms with Gasteiger partial charge in [-0.1, -0.05) is 101 Å². The molecule has 0 bridgehead atoms. The molecule has 1 saturated heterocycles. The van der Waals surface area contributed by atoms with Gasteiger partial charge in [0.05, 0.1) is 0 Å². The molecular weight excluding hydrogens is 491 g/mol. The highest BCUT2D eigenvalue weighted by molar-refractivity contribution is 7.69. The van der Waals surface area contributed by atoms with Gasteiger partial charge in [-0.15, -0.1) is 0 Å². The topological polar surface area (TPSA) is 17.1 Å². The van der Waals surface area contributed by atoms with Gasteiger partial charge in [0.15, 0.2) is 0 Å². The van der Waals surface area contributed by atoms with Crippen molar-refractivity contribution in [1.82, 2.24) is 0 Å². The predicted molar refractivity (Wildman–Crippen MR) is 169 cm³/mol. The Morgan fingerprint density at radius 2 is 0.897 bits per heavy atom. The molecule has 0 amide bonds. The largest absolute Gasteiger partial charge is 0.300 e. The van der Waals surface area contributed by atoms with Gasteiger partial charge in [-0.2, -0.15) is 0 Å². The summed E-state index contributed by atoms with van der Waals surface area (Å²) >= 11 is 0. The molecule has 3 aromatic rings. The number of carbonyl (C=O) groups is 1. The van der Waals surface area contributed by atoms with Gasteiger partial charge in [-0.05, 0) is 103 Å². The van der Waals surface area contributed by atoms with Gasteiger partial charge in [0.25, 0.3) is 0 Å². The van der Waals surface area contributed by atoms with Gasteiger partial charge in [0.2, 0.25) is 0 Å². The van der Waals surface area contributed by atoms with Crippen molar-refractivity contribution < 1.29 is 4.79 Å². The first-order valence-electron chi connectivity index (χ1n) is 15.4. The molecule has 0 unspecified atom stereocenters. The Morgan fingerprint density at radius 1 is 0.538 bits per heavy atom. The quantitative estimate of drug-likeness (QED) is 0.304. The number of rotatable bonds is 3. The average molecular weight is 537 g/mol. The van der Waals surface area contributed by atoms with Crippen LogP contribution in [0.5, 0.6) is 0 Å². The van der Waals surface area contributed by atoms with Gasteiger partial charge in [-0.25, -0.2) is 0 Å². The van der Waals surface area contributed by atoms with Crippen molar-refractivity contribution in [2.75, 3.05) is 0 Å². The minimum Gasteiger partial charge on any atom is -0.300 e. The lowest BCUT2D eigenvalue weighted by molar-refractivity contribution is -0.121. The second-order valence-electron chi connectivity index (χ2n) is 13.0. The average Bonchev–Trinajstić information content (AvgIpc) is 2.90. The Bertz CT molecular complexity index is 1250. The van der Waals surface area contributed by atoms with Crippen LogP contribution in [-0.2, 0) is 4.79 Å². The lowest BCUT2D eigenvalue weighted by atomic mass is 9.79. The van der Waals surface area contributed by atoms with Crippen LogP contribution in [0.25, 0.3) is 22.3 Å². The summed E-state index contributed by atoms with van der Waals surface area (Å²) in [6, 6.07) is 20.8. The molecule has 2 saturated carbocycles. The third kappa shape index (κ3) is 4.64. The van der Waals surface area contributed by atoms with E-state index >= 15 is 0 Å². The molecule has 1 aliphatic heterocycles. The Hall–Kier alpha value is -2.24. The van der Waals surface area contributed by atoms with E-state index in [2.05, 4.69) is 82.3 Å². The summed E-state index contributed by atoms with van der Waals surface area (Å²) in [6.07, 6.45) is 14.4. The zero-order valence-electron chi connectivity index (χ0n) is 24.5. The van der Waals surface area contributed by atoms with E-state index in [0.717, 1.165) is 12.8 Å². The maximum absolute atomic E-state index is 13.7. The smallest absolute Gasteiger partial charge is 0.134 e. The zero-order valence-corrected chi connectivity index (χ0v) is 25.4. The van der Waals surface area contributed by atoms with Crippen LogP contribution in [0.1, 0.15) is 99.3 Å². The molecule has 0 atom stereocenters. The van der Waals surface area contributed by atoms with Crippen molar-refractivity contribution in [2.24, 2.45) is 0 Å². The van der Waals surface area contributed by atoms with E-state index in [-0.39, 0.29) is 10.3 Å². The molecule has 2 aliphatic carbocycles. The SMILES string of the molecule is Cc1cccc(C)c1-c1cccc(-c2c(C)cccc2C)c1P1C2(CCCCC2)CC(=O)CC12CCCCC2. The molecule has 6 rings (SSSR count). The molecule has 0 radical (unpaired) electrons. The molecule has 204 valence electrons. The molecule has 1 nitrogen and oxygen atoms in total. The number of Topliss-reactive ketones (excluding diaryl/α,β-unsaturated/α-hetero) is 1. The van der Waals surface area contributed by atoms with Crippen LogP contribution in [-0.4, -0.2) is 16.1 Å². The third-order valence-electron chi connectivity index (χ3n) is 10.3. The maximum Gasteiger partial charge on any atom is 0.134 e. The number of hydrogen-bond acceptors (Lipinski definition) is 1. The number of carbonyl (C=O) groups excluding carboxylic acids is 1. The fourth-order valence-electron chi connectivity index (χ4n) is 8.82. The summed E-state index contributed by atoms with van der Waals surface area (Å²) in [5, 5.41) is 1.94. The highest BCUT2D eigenvalue weighted by Gasteiger charge is 2.57. The van der Waals surface area contributed by atoms with E-state index in [4.69, 9.17) is 0 Å². The standard InChI is InChI=1S/C37H45OP/c1-26-14-11-15-27(2)33(26)31-18-13-19-32(34-28(3)16-12-17-29(34)4)35(31)39-36(20-7-5-8-21-36)24-30(38)25-37(39)22-9-6-10-23-37/h11-19H,5-10,20-25H2,1-4H3. The highest BCUT2D eigenvalue weighted by Crippen LogP contribution is 2.73. The molecule has 1 heterocycles. The van der Waals surface area contributed by atoms with Crippen molar-refractivity contribution in [2.45, 2.75) is 115 Å². The van der Waals surface area contributed by atoms with Crippen LogP contribution in [0.2, 0.25) is 0 Å². The Labute approximate surface area is 237 Å². The van der Waals surface area contributed by atoms with Gasteiger partial charge in [0, 0.05) is 23.2 Å². The molecule has 2 heteroatoms. The van der Waals surface area contributed by atoms with Gasteiger partial charge >= 0.3 is 0 Å². The lowest BCUT2D eigenvalue weighted by Gasteiger charge is -2.58.